The van der Waals surface area contributed by atoms with Crippen LogP contribution in [-0.4, -0.2) is 32.6 Å². The van der Waals surface area contributed by atoms with Gasteiger partial charge in [0, 0.05) is 17.7 Å². The summed E-state index contributed by atoms with van der Waals surface area (Å²) >= 11 is 6.33. The van der Waals surface area contributed by atoms with Crippen LogP contribution in [0.2, 0.25) is 5.02 Å². The number of hydrogen-bond donors (Lipinski definition) is 4. The number of aryl methyl sites for hydroxylation is 1. The van der Waals surface area contributed by atoms with Gasteiger partial charge in [0.05, 0.1) is 16.9 Å². The van der Waals surface area contributed by atoms with Crippen LogP contribution in [0.4, 0.5) is 22.1 Å². The van der Waals surface area contributed by atoms with E-state index in [1.54, 1.807) is 16.8 Å². The van der Waals surface area contributed by atoms with Crippen molar-refractivity contribution in [3.63, 3.8) is 0 Å². The van der Waals surface area contributed by atoms with Crippen molar-refractivity contribution < 1.29 is 9.59 Å². The minimum Gasteiger partial charge on any atom is -0.367 e. The lowest BCUT2D eigenvalue weighted by Gasteiger charge is -2.13. The van der Waals surface area contributed by atoms with Crippen LogP contribution in [0.3, 0.4) is 0 Å². The quantitative estimate of drug-likeness (QED) is 0.370. The molecule has 152 valence electrons. The first-order chi connectivity index (χ1) is 14.5. The van der Waals surface area contributed by atoms with Gasteiger partial charge in [-0.25, -0.2) is 9.78 Å². The van der Waals surface area contributed by atoms with Gasteiger partial charge in [0.25, 0.3) is 5.91 Å². The van der Waals surface area contributed by atoms with E-state index in [4.69, 9.17) is 11.6 Å². The van der Waals surface area contributed by atoms with E-state index in [1.807, 2.05) is 31.2 Å². The van der Waals surface area contributed by atoms with Crippen molar-refractivity contribution in [2.45, 2.75) is 25.8 Å². The van der Waals surface area contributed by atoms with Gasteiger partial charge in [-0.3, -0.25) is 10.1 Å². The molecule has 2 aromatic heterocycles. The monoisotopic (exact) mass is 423 g/mol. The number of amides is 3. The Bertz CT molecular complexity index is 1230. The van der Waals surface area contributed by atoms with Gasteiger partial charge in [0.15, 0.2) is 5.65 Å². The van der Waals surface area contributed by atoms with Gasteiger partial charge in [-0.2, -0.15) is 9.61 Å². The number of benzene rings is 1. The Labute approximate surface area is 176 Å². The molecule has 0 radical (unpaired) electrons. The third kappa shape index (κ3) is 3.55. The average molecular weight is 424 g/mol. The van der Waals surface area contributed by atoms with Crippen LogP contribution in [0.15, 0.2) is 36.2 Å². The van der Waals surface area contributed by atoms with Crippen LogP contribution in [-0.2, 0) is 4.79 Å². The zero-order valence-electron chi connectivity index (χ0n) is 16.0. The number of hydrogen-bond acceptors (Lipinski definition) is 6. The molecule has 0 atom stereocenters. The van der Waals surface area contributed by atoms with E-state index >= 15 is 0 Å². The fourth-order valence-corrected chi connectivity index (χ4v) is 3.36. The minimum atomic E-state index is -0.553. The summed E-state index contributed by atoms with van der Waals surface area (Å²) in [7, 11) is 0. The van der Waals surface area contributed by atoms with Gasteiger partial charge in [-0.05, 0) is 43.5 Å². The second-order valence-electron chi connectivity index (χ2n) is 7.36. The third-order valence-electron chi connectivity index (χ3n) is 4.83. The molecule has 4 N–H and O–H groups in total. The molecule has 3 heterocycles. The van der Waals surface area contributed by atoms with E-state index in [1.165, 1.54) is 0 Å². The predicted molar refractivity (Wildman–Crippen MR) is 114 cm³/mol. The summed E-state index contributed by atoms with van der Waals surface area (Å²) in [5.41, 5.74) is 3.09. The first-order valence-corrected chi connectivity index (χ1v) is 9.86. The standard InChI is InChI=1S/C20H18ClN7O2/c1-10-2-5-13(21)14(6-10)24-16-8-17(23-12-3-4-12)28-18(26-16)11(9-22-28)7-15-19(29)27-20(30)25-15/h2,5-9,12,23H,3-4H2,1H3,(H,24,26)(H2,25,27,29,30)/b15-7-. The zero-order chi connectivity index (χ0) is 20.8. The minimum absolute atomic E-state index is 0.147. The molecule has 2 aliphatic rings. The number of imide groups is 1. The highest BCUT2D eigenvalue weighted by Gasteiger charge is 2.25. The van der Waals surface area contributed by atoms with Crippen molar-refractivity contribution in [2.75, 3.05) is 10.6 Å². The molecule has 0 bridgehead atoms. The van der Waals surface area contributed by atoms with E-state index in [2.05, 4.69) is 31.3 Å². The number of fused-ring (bicyclic) bond motifs is 1. The Morgan fingerprint density at radius 3 is 2.80 bits per heavy atom. The second kappa shape index (κ2) is 7.03. The van der Waals surface area contributed by atoms with Crippen molar-refractivity contribution in [3.05, 3.63) is 52.3 Å². The van der Waals surface area contributed by atoms with Crippen LogP contribution in [0, 0.1) is 6.92 Å². The highest BCUT2D eigenvalue weighted by Crippen LogP contribution is 2.30. The van der Waals surface area contributed by atoms with E-state index < -0.39 is 11.9 Å². The Morgan fingerprint density at radius 2 is 2.07 bits per heavy atom. The van der Waals surface area contributed by atoms with Crippen molar-refractivity contribution in [2.24, 2.45) is 0 Å². The van der Waals surface area contributed by atoms with E-state index in [9.17, 15) is 9.59 Å². The van der Waals surface area contributed by atoms with Crippen LogP contribution in [0.5, 0.6) is 0 Å². The number of anilines is 3. The summed E-state index contributed by atoms with van der Waals surface area (Å²) in [5, 5.41) is 16.4. The molecule has 0 unspecified atom stereocenters. The molecular weight excluding hydrogens is 406 g/mol. The van der Waals surface area contributed by atoms with Crippen LogP contribution < -0.4 is 21.3 Å². The number of urea groups is 1. The maximum atomic E-state index is 11.9. The lowest BCUT2D eigenvalue weighted by molar-refractivity contribution is -0.115. The lowest BCUT2D eigenvalue weighted by atomic mass is 10.2. The Morgan fingerprint density at radius 1 is 1.23 bits per heavy atom. The summed E-state index contributed by atoms with van der Waals surface area (Å²) in [6.07, 6.45) is 5.36. The van der Waals surface area contributed by atoms with Gasteiger partial charge < -0.3 is 16.0 Å². The van der Waals surface area contributed by atoms with Crippen molar-refractivity contribution >= 4 is 52.6 Å². The highest BCUT2D eigenvalue weighted by molar-refractivity contribution is 6.33. The Kier molecular flexibility index (Phi) is 4.32. The molecule has 0 spiro atoms. The third-order valence-corrected chi connectivity index (χ3v) is 5.16. The lowest BCUT2D eigenvalue weighted by Crippen LogP contribution is -2.22. The van der Waals surface area contributed by atoms with E-state index in [0.29, 0.717) is 28.1 Å². The summed E-state index contributed by atoms with van der Waals surface area (Å²) in [4.78, 5) is 28.0. The van der Waals surface area contributed by atoms with Gasteiger partial charge in [-0.15, -0.1) is 0 Å². The van der Waals surface area contributed by atoms with Gasteiger partial charge in [0.2, 0.25) is 0 Å². The molecule has 1 aliphatic carbocycles. The molecule has 1 saturated carbocycles. The number of rotatable bonds is 5. The molecule has 9 nitrogen and oxygen atoms in total. The fraction of sp³-hybridized carbons (Fsp3) is 0.200. The largest absolute Gasteiger partial charge is 0.367 e. The van der Waals surface area contributed by atoms with E-state index in [-0.39, 0.29) is 5.70 Å². The van der Waals surface area contributed by atoms with E-state index in [0.717, 1.165) is 29.9 Å². The predicted octanol–water partition coefficient (Wildman–Crippen LogP) is 3.19. The second-order valence-corrected chi connectivity index (χ2v) is 7.76. The maximum absolute atomic E-state index is 11.9. The van der Waals surface area contributed by atoms with Gasteiger partial charge in [0.1, 0.15) is 17.3 Å². The molecular formula is C20H18ClN7O2. The maximum Gasteiger partial charge on any atom is 0.326 e. The number of halogens is 1. The van der Waals surface area contributed by atoms with Gasteiger partial charge in [-0.1, -0.05) is 17.7 Å². The molecule has 10 heteroatoms. The molecule has 30 heavy (non-hydrogen) atoms. The van der Waals surface area contributed by atoms with Crippen molar-refractivity contribution in [1.29, 1.82) is 0 Å². The fourth-order valence-electron chi connectivity index (χ4n) is 3.20. The topological polar surface area (TPSA) is 112 Å². The molecule has 2 fully saturated rings. The molecule has 3 aromatic rings. The molecule has 1 saturated heterocycles. The number of aromatic nitrogens is 3. The number of nitrogens with zero attached hydrogens (tertiary/aromatic N) is 3. The Hall–Kier alpha value is -3.59. The normalized spacial score (nSPS) is 17.3. The number of nitrogens with one attached hydrogen (secondary N) is 4. The average Bonchev–Trinajstić information content (AvgIpc) is 3.34. The smallest absolute Gasteiger partial charge is 0.326 e. The van der Waals surface area contributed by atoms with Crippen molar-refractivity contribution in [1.82, 2.24) is 25.2 Å². The Balaban J connectivity index is 1.59. The number of carbonyl (C=O) groups excluding carboxylic acids is 2. The molecule has 1 aromatic carbocycles. The summed E-state index contributed by atoms with van der Waals surface area (Å²) < 4.78 is 1.68. The van der Waals surface area contributed by atoms with Crippen molar-refractivity contribution in [3.8, 4) is 0 Å². The highest BCUT2D eigenvalue weighted by atomic mass is 35.5. The van der Waals surface area contributed by atoms with Gasteiger partial charge >= 0.3 is 6.03 Å². The molecule has 5 rings (SSSR count). The SMILES string of the molecule is Cc1ccc(Cl)c(Nc2cc(NC3CC3)n3ncc(/C=C4\NC(=O)NC4=O)c3n2)c1. The summed E-state index contributed by atoms with van der Waals surface area (Å²) in [6, 6.07) is 7.43. The van der Waals surface area contributed by atoms with Crippen LogP contribution in [0.25, 0.3) is 11.7 Å². The molecule has 3 amide bonds. The first-order valence-electron chi connectivity index (χ1n) is 9.49. The van der Waals surface area contributed by atoms with Crippen LogP contribution in [0.1, 0.15) is 24.0 Å². The van der Waals surface area contributed by atoms with Crippen LogP contribution >= 0.6 is 11.6 Å². The molecule has 1 aliphatic heterocycles. The first kappa shape index (κ1) is 18.4. The summed E-state index contributed by atoms with van der Waals surface area (Å²) in [5.74, 6) is 0.869. The zero-order valence-corrected chi connectivity index (χ0v) is 16.7. The summed E-state index contributed by atoms with van der Waals surface area (Å²) in [6.45, 7) is 1.99. The number of carbonyl (C=O) groups is 2.